The first-order chi connectivity index (χ1) is 10.7. The van der Waals surface area contributed by atoms with Crippen molar-refractivity contribution in [1.82, 2.24) is 0 Å². The molecule has 1 amide bonds. The van der Waals surface area contributed by atoms with Gasteiger partial charge in [0.25, 0.3) is 0 Å². The van der Waals surface area contributed by atoms with Crippen molar-refractivity contribution in [3.05, 3.63) is 65.2 Å². The molecule has 0 unspecified atom stereocenters. The fraction of sp³-hybridized carbons (Fsp3) is 0.167. The van der Waals surface area contributed by atoms with Crippen molar-refractivity contribution in [1.29, 1.82) is 0 Å². The van der Waals surface area contributed by atoms with E-state index in [0.29, 0.717) is 11.6 Å². The number of benzene rings is 2. The molecule has 0 aliphatic rings. The second kappa shape index (κ2) is 8.25. The molecule has 1 N–H and O–H groups in total. The Labute approximate surface area is 135 Å². The number of rotatable bonds is 6. The van der Waals surface area contributed by atoms with Crippen molar-refractivity contribution in [3.63, 3.8) is 0 Å². The van der Waals surface area contributed by atoms with Gasteiger partial charge in [0, 0.05) is 16.8 Å². The van der Waals surface area contributed by atoms with E-state index in [1.54, 1.807) is 18.2 Å². The first-order valence-corrected chi connectivity index (χ1v) is 7.52. The lowest BCUT2D eigenvalue weighted by atomic mass is 10.2. The van der Waals surface area contributed by atoms with E-state index in [0.717, 1.165) is 23.4 Å². The Hall–Kier alpha value is -2.26. The van der Waals surface area contributed by atoms with Gasteiger partial charge < -0.3 is 10.1 Å². The first-order valence-electron chi connectivity index (χ1n) is 7.15. The molecule has 0 aromatic heterocycles. The molecule has 0 atom stereocenters. The van der Waals surface area contributed by atoms with E-state index in [1.165, 1.54) is 6.08 Å². The summed E-state index contributed by atoms with van der Waals surface area (Å²) in [5.74, 6) is 0.619. The van der Waals surface area contributed by atoms with Crippen LogP contribution in [0.25, 0.3) is 6.08 Å². The van der Waals surface area contributed by atoms with Crippen LogP contribution in [0.4, 0.5) is 5.69 Å². The summed E-state index contributed by atoms with van der Waals surface area (Å²) in [4.78, 5) is 11.9. The molecule has 22 heavy (non-hydrogen) atoms. The van der Waals surface area contributed by atoms with E-state index in [4.69, 9.17) is 16.3 Å². The number of ether oxygens (including phenoxy) is 1. The van der Waals surface area contributed by atoms with Crippen LogP contribution in [0.15, 0.2) is 54.6 Å². The van der Waals surface area contributed by atoms with Crippen molar-refractivity contribution < 1.29 is 9.53 Å². The predicted molar refractivity (Wildman–Crippen MR) is 91.3 cm³/mol. The molecule has 0 heterocycles. The van der Waals surface area contributed by atoms with Crippen molar-refractivity contribution in [3.8, 4) is 5.75 Å². The van der Waals surface area contributed by atoms with Gasteiger partial charge in [-0.25, -0.2) is 0 Å². The summed E-state index contributed by atoms with van der Waals surface area (Å²) < 4.78 is 5.49. The van der Waals surface area contributed by atoms with E-state index in [9.17, 15) is 4.79 Å². The summed E-state index contributed by atoms with van der Waals surface area (Å²) in [6.07, 6.45) is 4.20. The summed E-state index contributed by atoms with van der Waals surface area (Å²) in [6, 6.07) is 14.6. The maximum atomic E-state index is 11.9. The zero-order valence-corrected chi connectivity index (χ0v) is 13.1. The molecule has 0 spiro atoms. The largest absolute Gasteiger partial charge is 0.494 e. The summed E-state index contributed by atoms with van der Waals surface area (Å²) in [6.45, 7) is 2.75. The normalized spacial score (nSPS) is 10.6. The Kier molecular flexibility index (Phi) is 6.04. The average molecular weight is 316 g/mol. The lowest BCUT2D eigenvalue weighted by molar-refractivity contribution is -0.111. The maximum absolute atomic E-state index is 11.9. The van der Waals surface area contributed by atoms with Gasteiger partial charge in [-0.1, -0.05) is 30.7 Å². The number of halogens is 1. The van der Waals surface area contributed by atoms with Gasteiger partial charge in [0.15, 0.2) is 0 Å². The summed E-state index contributed by atoms with van der Waals surface area (Å²) >= 11 is 5.81. The number of hydrogen-bond acceptors (Lipinski definition) is 2. The number of anilines is 1. The van der Waals surface area contributed by atoms with Gasteiger partial charge in [0.05, 0.1) is 6.61 Å². The Morgan fingerprint density at radius 1 is 1.14 bits per heavy atom. The molecular weight excluding hydrogens is 298 g/mol. The van der Waals surface area contributed by atoms with Crippen LogP contribution in [0.5, 0.6) is 5.75 Å². The summed E-state index contributed by atoms with van der Waals surface area (Å²) in [5.41, 5.74) is 1.65. The number of hydrogen-bond donors (Lipinski definition) is 1. The van der Waals surface area contributed by atoms with E-state index in [1.807, 2.05) is 36.4 Å². The fourth-order valence-electron chi connectivity index (χ4n) is 1.78. The van der Waals surface area contributed by atoms with Gasteiger partial charge in [0.1, 0.15) is 5.75 Å². The highest BCUT2D eigenvalue weighted by Gasteiger charge is 1.99. The van der Waals surface area contributed by atoms with Crippen LogP contribution in [0.2, 0.25) is 5.02 Å². The molecule has 0 aliphatic carbocycles. The summed E-state index contributed by atoms with van der Waals surface area (Å²) in [7, 11) is 0. The molecule has 0 saturated carbocycles. The molecule has 0 fully saturated rings. The highest BCUT2D eigenvalue weighted by molar-refractivity contribution is 6.30. The Balaban J connectivity index is 1.89. The third-order valence-electron chi connectivity index (χ3n) is 2.89. The van der Waals surface area contributed by atoms with Crippen molar-refractivity contribution in [2.24, 2.45) is 0 Å². The highest BCUT2D eigenvalue weighted by atomic mass is 35.5. The van der Waals surface area contributed by atoms with Crippen LogP contribution in [-0.2, 0) is 4.79 Å². The van der Waals surface area contributed by atoms with Gasteiger partial charge in [-0.3, -0.25) is 4.79 Å². The summed E-state index contributed by atoms with van der Waals surface area (Å²) in [5, 5.41) is 3.47. The van der Waals surface area contributed by atoms with Crippen LogP contribution < -0.4 is 10.1 Å². The zero-order chi connectivity index (χ0) is 15.8. The molecule has 114 valence electrons. The van der Waals surface area contributed by atoms with Crippen LogP contribution >= 0.6 is 11.6 Å². The van der Waals surface area contributed by atoms with E-state index in [-0.39, 0.29) is 5.91 Å². The van der Waals surface area contributed by atoms with Gasteiger partial charge in [-0.2, -0.15) is 0 Å². The molecule has 0 bridgehead atoms. The molecule has 0 saturated heterocycles. The van der Waals surface area contributed by atoms with Crippen LogP contribution in [0.1, 0.15) is 18.9 Å². The third-order valence-corrected chi connectivity index (χ3v) is 3.14. The number of nitrogens with one attached hydrogen (secondary N) is 1. The minimum Gasteiger partial charge on any atom is -0.494 e. The molecule has 2 aromatic rings. The highest BCUT2D eigenvalue weighted by Crippen LogP contribution is 2.16. The van der Waals surface area contributed by atoms with Gasteiger partial charge in [-0.15, -0.1) is 0 Å². The van der Waals surface area contributed by atoms with E-state index < -0.39 is 0 Å². The molecule has 3 nitrogen and oxygen atoms in total. The lowest BCUT2D eigenvalue weighted by Crippen LogP contribution is -2.07. The Morgan fingerprint density at radius 3 is 2.45 bits per heavy atom. The van der Waals surface area contributed by atoms with Gasteiger partial charge >= 0.3 is 0 Å². The van der Waals surface area contributed by atoms with Gasteiger partial charge in [-0.05, 0) is 54.5 Å². The second-order valence-electron chi connectivity index (χ2n) is 4.75. The predicted octanol–water partition coefficient (Wildman–Crippen LogP) is 4.78. The van der Waals surface area contributed by atoms with E-state index >= 15 is 0 Å². The van der Waals surface area contributed by atoms with E-state index in [2.05, 4.69) is 12.2 Å². The monoisotopic (exact) mass is 315 g/mol. The maximum Gasteiger partial charge on any atom is 0.248 e. The van der Waals surface area contributed by atoms with Crippen molar-refractivity contribution in [2.45, 2.75) is 13.3 Å². The zero-order valence-electron chi connectivity index (χ0n) is 12.4. The van der Waals surface area contributed by atoms with Gasteiger partial charge in [0.2, 0.25) is 5.91 Å². The molecule has 0 radical (unpaired) electrons. The number of carbonyl (C=O) groups is 1. The topological polar surface area (TPSA) is 38.3 Å². The molecule has 2 aromatic carbocycles. The average Bonchev–Trinajstić information content (AvgIpc) is 2.54. The lowest BCUT2D eigenvalue weighted by Gasteiger charge is -2.06. The molecule has 2 rings (SSSR count). The van der Waals surface area contributed by atoms with Crippen LogP contribution in [-0.4, -0.2) is 12.5 Å². The standard InChI is InChI=1S/C18H18ClNO2/c1-2-13-22-17-10-8-16(9-11-17)20-18(21)12-5-14-3-6-15(19)7-4-14/h3-12H,2,13H2,1H3,(H,20,21)/b12-5+. The minimum absolute atomic E-state index is 0.183. The fourth-order valence-corrected chi connectivity index (χ4v) is 1.91. The molecule has 0 aliphatic heterocycles. The second-order valence-corrected chi connectivity index (χ2v) is 5.18. The van der Waals surface area contributed by atoms with Crippen LogP contribution in [0.3, 0.4) is 0 Å². The molecule has 4 heteroatoms. The van der Waals surface area contributed by atoms with Crippen LogP contribution in [0, 0.1) is 0 Å². The molecular formula is C18H18ClNO2. The smallest absolute Gasteiger partial charge is 0.248 e. The van der Waals surface area contributed by atoms with Crippen molar-refractivity contribution in [2.75, 3.05) is 11.9 Å². The third kappa shape index (κ3) is 5.26. The Morgan fingerprint density at radius 2 is 1.82 bits per heavy atom. The minimum atomic E-state index is -0.183. The Bertz CT molecular complexity index is 633. The van der Waals surface area contributed by atoms with Crippen molar-refractivity contribution >= 4 is 29.3 Å². The number of carbonyl (C=O) groups excluding carboxylic acids is 1. The SMILES string of the molecule is CCCOc1ccc(NC(=O)/C=C/c2ccc(Cl)cc2)cc1. The number of amides is 1. The quantitative estimate of drug-likeness (QED) is 0.779. The first kappa shape index (κ1) is 16.1.